The van der Waals surface area contributed by atoms with Gasteiger partial charge in [0.1, 0.15) is 0 Å². The van der Waals surface area contributed by atoms with Gasteiger partial charge in [0.15, 0.2) is 0 Å². The standard InChI is InChI=1S/C28H32N6/c1-3-14-29-23-12-10-21(11-13-23)26-9-4-6-22-20-30-28(32-27(22)26)31-24-7-5-8-25(19-24)34-17-15-33(2)16-18-34/h4-13,19-20,29H,3,14-18H2,1-2H3,(H,30,31,32). The van der Waals surface area contributed by atoms with Crippen LogP contribution < -0.4 is 15.5 Å². The number of likely N-dealkylation sites (N-methyl/N-ethyl adjacent to an activating group) is 1. The van der Waals surface area contributed by atoms with Gasteiger partial charge in [0.2, 0.25) is 5.95 Å². The van der Waals surface area contributed by atoms with Gasteiger partial charge < -0.3 is 20.4 Å². The fourth-order valence-corrected chi connectivity index (χ4v) is 4.36. The fraction of sp³-hybridized carbons (Fsp3) is 0.286. The molecule has 1 fully saturated rings. The van der Waals surface area contributed by atoms with Gasteiger partial charge in [-0.2, -0.15) is 0 Å². The number of aromatic nitrogens is 2. The molecule has 3 aromatic carbocycles. The molecule has 0 radical (unpaired) electrons. The van der Waals surface area contributed by atoms with Crippen molar-refractivity contribution in [3.63, 3.8) is 0 Å². The number of anilines is 4. The summed E-state index contributed by atoms with van der Waals surface area (Å²) in [4.78, 5) is 14.3. The summed E-state index contributed by atoms with van der Waals surface area (Å²) in [5.41, 5.74) is 6.58. The van der Waals surface area contributed by atoms with E-state index in [1.165, 1.54) is 5.69 Å². The Morgan fingerprint density at radius 2 is 1.68 bits per heavy atom. The van der Waals surface area contributed by atoms with E-state index in [4.69, 9.17) is 4.98 Å². The molecule has 5 rings (SSSR count). The Morgan fingerprint density at radius 1 is 0.882 bits per heavy atom. The number of para-hydroxylation sites is 1. The van der Waals surface area contributed by atoms with E-state index in [1.807, 2.05) is 6.20 Å². The quantitative estimate of drug-likeness (QED) is 0.380. The first-order chi connectivity index (χ1) is 16.7. The number of nitrogens with zero attached hydrogens (tertiary/aromatic N) is 4. The second kappa shape index (κ2) is 10.1. The Bertz CT molecular complexity index is 1250. The van der Waals surface area contributed by atoms with Crippen molar-refractivity contribution >= 4 is 33.9 Å². The summed E-state index contributed by atoms with van der Waals surface area (Å²) >= 11 is 0. The first-order valence-corrected chi connectivity index (χ1v) is 12.1. The topological polar surface area (TPSA) is 56.3 Å². The molecule has 1 aromatic heterocycles. The maximum Gasteiger partial charge on any atom is 0.227 e. The molecule has 0 unspecified atom stereocenters. The molecule has 2 N–H and O–H groups in total. The van der Waals surface area contributed by atoms with Crippen molar-refractivity contribution in [1.82, 2.24) is 14.9 Å². The predicted molar refractivity (Wildman–Crippen MR) is 143 cm³/mol. The molecule has 6 heteroatoms. The molecule has 2 heterocycles. The lowest BCUT2D eigenvalue weighted by Crippen LogP contribution is -2.44. The number of hydrogen-bond acceptors (Lipinski definition) is 6. The highest BCUT2D eigenvalue weighted by Gasteiger charge is 2.15. The fourth-order valence-electron chi connectivity index (χ4n) is 4.36. The minimum absolute atomic E-state index is 0.608. The predicted octanol–water partition coefficient (Wildman–Crippen LogP) is 5.61. The van der Waals surface area contributed by atoms with Crippen LogP contribution >= 0.6 is 0 Å². The molecule has 0 aliphatic carbocycles. The Hall–Kier alpha value is -3.64. The van der Waals surface area contributed by atoms with Crippen molar-refractivity contribution in [3.8, 4) is 11.1 Å². The third kappa shape index (κ3) is 4.97. The van der Waals surface area contributed by atoms with Crippen molar-refractivity contribution < 1.29 is 0 Å². The zero-order valence-electron chi connectivity index (χ0n) is 20.0. The Kier molecular flexibility index (Phi) is 6.58. The van der Waals surface area contributed by atoms with Gasteiger partial charge in [0, 0.05) is 66.9 Å². The lowest BCUT2D eigenvalue weighted by Gasteiger charge is -2.34. The molecule has 0 atom stereocenters. The number of hydrogen-bond donors (Lipinski definition) is 2. The second-order valence-electron chi connectivity index (χ2n) is 8.91. The van der Waals surface area contributed by atoms with Crippen LogP contribution in [0.2, 0.25) is 0 Å². The maximum atomic E-state index is 4.91. The highest BCUT2D eigenvalue weighted by molar-refractivity contribution is 5.94. The zero-order valence-corrected chi connectivity index (χ0v) is 20.0. The van der Waals surface area contributed by atoms with Crippen molar-refractivity contribution in [2.24, 2.45) is 0 Å². The largest absolute Gasteiger partial charge is 0.385 e. The first kappa shape index (κ1) is 22.2. The molecule has 1 saturated heterocycles. The van der Waals surface area contributed by atoms with Crippen LogP contribution in [0.1, 0.15) is 13.3 Å². The molecule has 1 aliphatic rings. The Morgan fingerprint density at radius 3 is 2.47 bits per heavy atom. The maximum absolute atomic E-state index is 4.91. The average molecular weight is 453 g/mol. The summed E-state index contributed by atoms with van der Waals surface area (Å²) in [6.45, 7) is 7.41. The van der Waals surface area contributed by atoms with Gasteiger partial charge in [-0.1, -0.05) is 43.3 Å². The molecule has 0 saturated carbocycles. The lowest BCUT2D eigenvalue weighted by atomic mass is 10.0. The number of nitrogens with one attached hydrogen (secondary N) is 2. The first-order valence-electron chi connectivity index (χ1n) is 12.1. The van der Waals surface area contributed by atoms with Gasteiger partial charge in [-0.3, -0.25) is 0 Å². The molecule has 174 valence electrons. The van der Waals surface area contributed by atoms with Crippen LogP contribution in [0.15, 0.2) is 72.9 Å². The van der Waals surface area contributed by atoms with Crippen LogP contribution in [0.4, 0.5) is 23.0 Å². The third-order valence-electron chi connectivity index (χ3n) is 6.36. The van der Waals surface area contributed by atoms with E-state index in [1.54, 1.807) is 0 Å². The van der Waals surface area contributed by atoms with E-state index >= 15 is 0 Å². The monoisotopic (exact) mass is 452 g/mol. The summed E-state index contributed by atoms with van der Waals surface area (Å²) in [5.74, 6) is 0.608. The smallest absolute Gasteiger partial charge is 0.227 e. The third-order valence-corrected chi connectivity index (χ3v) is 6.36. The van der Waals surface area contributed by atoms with E-state index in [0.717, 1.165) is 72.5 Å². The molecular weight excluding hydrogens is 420 g/mol. The normalized spacial score (nSPS) is 14.4. The van der Waals surface area contributed by atoms with Gasteiger partial charge in [-0.15, -0.1) is 0 Å². The van der Waals surface area contributed by atoms with Crippen LogP contribution in [0, 0.1) is 0 Å². The van der Waals surface area contributed by atoms with Crippen molar-refractivity contribution in [2.75, 3.05) is 55.3 Å². The lowest BCUT2D eigenvalue weighted by molar-refractivity contribution is 0.313. The van der Waals surface area contributed by atoms with Gasteiger partial charge in [0.05, 0.1) is 5.52 Å². The highest BCUT2D eigenvalue weighted by atomic mass is 15.2. The summed E-state index contributed by atoms with van der Waals surface area (Å²) < 4.78 is 0. The van der Waals surface area contributed by atoms with Crippen LogP contribution in [-0.4, -0.2) is 54.6 Å². The zero-order chi connectivity index (χ0) is 23.3. The molecule has 6 nitrogen and oxygen atoms in total. The van der Waals surface area contributed by atoms with E-state index < -0.39 is 0 Å². The van der Waals surface area contributed by atoms with E-state index in [-0.39, 0.29) is 0 Å². The van der Waals surface area contributed by atoms with Crippen LogP contribution in [-0.2, 0) is 0 Å². The second-order valence-corrected chi connectivity index (χ2v) is 8.91. The summed E-state index contributed by atoms with van der Waals surface area (Å²) in [7, 11) is 2.18. The van der Waals surface area contributed by atoms with Crippen LogP contribution in [0.25, 0.3) is 22.0 Å². The molecule has 0 spiro atoms. The minimum Gasteiger partial charge on any atom is -0.385 e. The van der Waals surface area contributed by atoms with E-state index in [9.17, 15) is 0 Å². The number of piperazine rings is 1. The van der Waals surface area contributed by atoms with Gasteiger partial charge in [0.25, 0.3) is 0 Å². The summed E-state index contributed by atoms with van der Waals surface area (Å²) in [6.07, 6.45) is 3.01. The molecule has 1 aliphatic heterocycles. The van der Waals surface area contributed by atoms with Crippen molar-refractivity contribution in [3.05, 3.63) is 72.9 Å². The summed E-state index contributed by atoms with van der Waals surface area (Å²) in [5, 5.41) is 7.89. The highest BCUT2D eigenvalue weighted by Crippen LogP contribution is 2.29. The van der Waals surface area contributed by atoms with Crippen LogP contribution in [0.5, 0.6) is 0 Å². The van der Waals surface area contributed by atoms with E-state index in [0.29, 0.717) is 5.95 Å². The van der Waals surface area contributed by atoms with Crippen LogP contribution in [0.3, 0.4) is 0 Å². The van der Waals surface area contributed by atoms with Gasteiger partial charge in [-0.05, 0) is 49.4 Å². The minimum atomic E-state index is 0.608. The van der Waals surface area contributed by atoms with Gasteiger partial charge in [-0.25, -0.2) is 9.97 Å². The molecule has 0 amide bonds. The molecule has 4 aromatic rings. The van der Waals surface area contributed by atoms with Crippen molar-refractivity contribution in [2.45, 2.75) is 13.3 Å². The Labute approximate surface area is 201 Å². The molecule has 34 heavy (non-hydrogen) atoms. The molecular formula is C28H32N6. The summed E-state index contributed by atoms with van der Waals surface area (Å²) in [6, 6.07) is 23.4. The number of benzene rings is 3. The average Bonchev–Trinajstić information content (AvgIpc) is 2.88. The van der Waals surface area contributed by atoms with E-state index in [2.05, 4.69) is 106 Å². The van der Waals surface area contributed by atoms with Crippen molar-refractivity contribution in [1.29, 1.82) is 0 Å². The number of fused-ring (bicyclic) bond motifs is 1. The SMILES string of the molecule is CCCNc1ccc(-c2cccc3cnc(Nc4cccc(N5CCN(C)CC5)c4)nc23)cc1. The molecule has 0 bridgehead atoms. The number of rotatable bonds is 7. The Balaban J connectivity index is 1.40. The van der Waals surface area contributed by atoms with Gasteiger partial charge >= 0.3 is 0 Å².